The highest BCUT2D eigenvalue weighted by molar-refractivity contribution is 6.02. The fourth-order valence-electron chi connectivity index (χ4n) is 2.52. The van der Waals surface area contributed by atoms with Crippen LogP contribution in [0.1, 0.15) is 17.5 Å². The molecule has 0 spiro atoms. The predicted molar refractivity (Wildman–Crippen MR) is 100 cm³/mol. The normalized spacial score (nSPS) is 10.6. The average Bonchev–Trinajstić information content (AvgIpc) is 3.30. The number of ether oxygens (including phenoxy) is 1. The number of carbonyl (C=O) groups is 2. The molecule has 2 N–H and O–H groups in total. The van der Waals surface area contributed by atoms with Gasteiger partial charge in [0.05, 0.1) is 12.5 Å². The lowest BCUT2D eigenvalue weighted by Gasteiger charge is -2.08. The van der Waals surface area contributed by atoms with Crippen molar-refractivity contribution in [1.82, 2.24) is 14.6 Å². The van der Waals surface area contributed by atoms with Gasteiger partial charge < -0.3 is 19.8 Å². The van der Waals surface area contributed by atoms with Crippen LogP contribution in [0, 0.1) is 0 Å². The second kappa shape index (κ2) is 7.23. The largest absolute Gasteiger partial charge is 0.459 e. The van der Waals surface area contributed by atoms with Crippen molar-refractivity contribution >= 4 is 29.0 Å². The average molecular weight is 377 g/mol. The van der Waals surface area contributed by atoms with E-state index in [1.54, 1.807) is 54.7 Å². The van der Waals surface area contributed by atoms with Gasteiger partial charge in [-0.25, -0.2) is 9.50 Å². The van der Waals surface area contributed by atoms with E-state index in [1.807, 2.05) is 0 Å². The van der Waals surface area contributed by atoms with Gasteiger partial charge in [0.2, 0.25) is 11.8 Å². The predicted octanol–water partition coefficient (Wildman–Crippen LogP) is 3.33. The molecule has 0 fully saturated rings. The molecule has 2 amide bonds. The standard InChI is InChI=1S/C19H15N5O4/c1-12(25)20-16-11-24-17(22-16)7-8-18(23-24)28-14-5-2-4-13(10-14)21-19(26)15-6-3-9-27-15/h2-11H,1H3,(H,20,25)(H,21,26). The first-order chi connectivity index (χ1) is 13.6. The molecule has 9 nitrogen and oxygen atoms in total. The van der Waals surface area contributed by atoms with Crippen molar-refractivity contribution in [2.45, 2.75) is 6.92 Å². The van der Waals surface area contributed by atoms with Crippen LogP contribution in [0.15, 0.2) is 65.4 Å². The molecule has 0 unspecified atom stereocenters. The van der Waals surface area contributed by atoms with Crippen molar-refractivity contribution in [3.8, 4) is 11.6 Å². The lowest BCUT2D eigenvalue weighted by molar-refractivity contribution is -0.114. The topological polar surface area (TPSA) is 111 Å². The number of hydrogen-bond acceptors (Lipinski definition) is 6. The van der Waals surface area contributed by atoms with Crippen LogP contribution in [-0.2, 0) is 4.79 Å². The second-order valence-corrected chi connectivity index (χ2v) is 5.84. The minimum absolute atomic E-state index is 0.215. The van der Waals surface area contributed by atoms with Crippen molar-refractivity contribution in [2.75, 3.05) is 10.6 Å². The van der Waals surface area contributed by atoms with Gasteiger partial charge in [-0.2, -0.15) is 0 Å². The van der Waals surface area contributed by atoms with Crippen LogP contribution in [0.5, 0.6) is 11.6 Å². The summed E-state index contributed by atoms with van der Waals surface area (Å²) in [5.41, 5.74) is 1.12. The molecule has 3 aromatic heterocycles. The highest BCUT2D eigenvalue weighted by atomic mass is 16.5. The number of benzene rings is 1. The van der Waals surface area contributed by atoms with Crippen molar-refractivity contribution < 1.29 is 18.7 Å². The Hall–Kier alpha value is -4.14. The molecule has 9 heteroatoms. The molecule has 4 rings (SSSR count). The van der Waals surface area contributed by atoms with Crippen LogP contribution in [-0.4, -0.2) is 26.4 Å². The fourth-order valence-corrected chi connectivity index (χ4v) is 2.52. The summed E-state index contributed by atoms with van der Waals surface area (Å²) < 4.78 is 12.3. The van der Waals surface area contributed by atoms with E-state index in [1.165, 1.54) is 17.7 Å². The molecule has 0 saturated carbocycles. The fraction of sp³-hybridized carbons (Fsp3) is 0.0526. The van der Waals surface area contributed by atoms with E-state index in [0.717, 1.165) is 0 Å². The van der Waals surface area contributed by atoms with E-state index >= 15 is 0 Å². The number of fused-ring (bicyclic) bond motifs is 1. The Kier molecular flexibility index (Phi) is 4.47. The third kappa shape index (κ3) is 3.83. The molecule has 1 aromatic carbocycles. The van der Waals surface area contributed by atoms with Gasteiger partial charge in [0, 0.05) is 24.7 Å². The van der Waals surface area contributed by atoms with E-state index in [2.05, 4.69) is 20.7 Å². The van der Waals surface area contributed by atoms with Crippen molar-refractivity contribution in [2.24, 2.45) is 0 Å². The zero-order chi connectivity index (χ0) is 19.5. The van der Waals surface area contributed by atoms with Gasteiger partial charge in [-0.3, -0.25) is 9.59 Å². The molecule has 0 aliphatic rings. The summed E-state index contributed by atoms with van der Waals surface area (Å²) in [6.07, 6.45) is 3.02. The third-order valence-corrected chi connectivity index (χ3v) is 3.66. The number of furan rings is 1. The summed E-state index contributed by atoms with van der Waals surface area (Å²) in [7, 11) is 0. The molecule has 0 radical (unpaired) electrons. The van der Waals surface area contributed by atoms with Crippen LogP contribution in [0.3, 0.4) is 0 Å². The summed E-state index contributed by atoms with van der Waals surface area (Å²) in [5, 5.41) is 9.64. The molecule has 4 aromatic rings. The Morgan fingerprint density at radius 1 is 1.11 bits per heavy atom. The van der Waals surface area contributed by atoms with Crippen LogP contribution in [0.4, 0.5) is 11.5 Å². The number of imidazole rings is 1. The number of nitrogens with one attached hydrogen (secondary N) is 2. The Morgan fingerprint density at radius 3 is 2.79 bits per heavy atom. The lowest BCUT2D eigenvalue weighted by atomic mass is 10.3. The zero-order valence-electron chi connectivity index (χ0n) is 14.7. The maximum atomic E-state index is 12.1. The van der Waals surface area contributed by atoms with Crippen molar-refractivity contribution in [3.63, 3.8) is 0 Å². The van der Waals surface area contributed by atoms with Gasteiger partial charge in [-0.05, 0) is 30.3 Å². The number of rotatable bonds is 5. The van der Waals surface area contributed by atoms with E-state index in [0.29, 0.717) is 28.8 Å². The van der Waals surface area contributed by atoms with Crippen LogP contribution in [0.2, 0.25) is 0 Å². The summed E-state index contributed by atoms with van der Waals surface area (Å²) in [6.45, 7) is 1.41. The van der Waals surface area contributed by atoms with Crippen LogP contribution < -0.4 is 15.4 Å². The highest BCUT2D eigenvalue weighted by Crippen LogP contribution is 2.23. The van der Waals surface area contributed by atoms with Crippen molar-refractivity contribution in [1.29, 1.82) is 0 Å². The number of nitrogens with zero attached hydrogens (tertiary/aromatic N) is 3. The van der Waals surface area contributed by atoms with Crippen LogP contribution >= 0.6 is 0 Å². The van der Waals surface area contributed by atoms with Gasteiger partial charge in [0.1, 0.15) is 5.75 Å². The number of anilines is 2. The Balaban J connectivity index is 1.50. The van der Waals surface area contributed by atoms with E-state index in [-0.39, 0.29) is 17.6 Å². The Labute approximate surface area is 158 Å². The van der Waals surface area contributed by atoms with Crippen molar-refractivity contribution in [3.05, 3.63) is 66.8 Å². The minimum Gasteiger partial charge on any atom is -0.459 e. The molecule has 28 heavy (non-hydrogen) atoms. The monoisotopic (exact) mass is 377 g/mol. The lowest BCUT2D eigenvalue weighted by Crippen LogP contribution is -2.10. The molecule has 0 saturated heterocycles. The van der Waals surface area contributed by atoms with Crippen LogP contribution in [0.25, 0.3) is 5.65 Å². The second-order valence-electron chi connectivity index (χ2n) is 5.84. The zero-order valence-corrected chi connectivity index (χ0v) is 14.7. The number of aromatic nitrogens is 3. The molecule has 0 atom stereocenters. The molecule has 0 aliphatic heterocycles. The maximum absolute atomic E-state index is 12.1. The number of amides is 2. The van der Waals surface area contributed by atoms with E-state index in [4.69, 9.17) is 9.15 Å². The van der Waals surface area contributed by atoms with Gasteiger partial charge in [-0.1, -0.05) is 6.07 Å². The molecule has 3 heterocycles. The number of hydrogen-bond donors (Lipinski definition) is 2. The summed E-state index contributed by atoms with van der Waals surface area (Å²) in [5.74, 6) is 0.868. The van der Waals surface area contributed by atoms with Gasteiger partial charge in [0.15, 0.2) is 17.2 Å². The summed E-state index contributed by atoms with van der Waals surface area (Å²) in [4.78, 5) is 27.4. The first kappa shape index (κ1) is 17.3. The van der Waals surface area contributed by atoms with Gasteiger partial charge in [0.25, 0.3) is 5.91 Å². The smallest absolute Gasteiger partial charge is 0.291 e. The maximum Gasteiger partial charge on any atom is 0.291 e. The quantitative estimate of drug-likeness (QED) is 0.552. The van der Waals surface area contributed by atoms with Gasteiger partial charge >= 0.3 is 0 Å². The SMILES string of the molecule is CC(=O)Nc1cn2nc(Oc3cccc(NC(=O)c4ccco4)c3)ccc2n1. The molecule has 0 bridgehead atoms. The molecular weight excluding hydrogens is 362 g/mol. The minimum atomic E-state index is -0.356. The summed E-state index contributed by atoms with van der Waals surface area (Å²) >= 11 is 0. The first-order valence-electron chi connectivity index (χ1n) is 8.34. The molecule has 140 valence electrons. The Morgan fingerprint density at radius 2 is 2.00 bits per heavy atom. The number of carbonyl (C=O) groups excluding carboxylic acids is 2. The molecule has 0 aliphatic carbocycles. The van der Waals surface area contributed by atoms with E-state index in [9.17, 15) is 9.59 Å². The van der Waals surface area contributed by atoms with Gasteiger partial charge in [-0.15, -0.1) is 5.10 Å². The Bertz CT molecular complexity index is 1150. The molecular formula is C19H15N5O4. The summed E-state index contributed by atoms with van der Waals surface area (Å²) in [6, 6.07) is 13.5. The first-order valence-corrected chi connectivity index (χ1v) is 8.34. The third-order valence-electron chi connectivity index (χ3n) is 3.66. The highest BCUT2D eigenvalue weighted by Gasteiger charge is 2.10. The van der Waals surface area contributed by atoms with E-state index < -0.39 is 0 Å².